The topological polar surface area (TPSA) is 98.5 Å². The summed E-state index contributed by atoms with van der Waals surface area (Å²) < 4.78 is 1.63. The minimum atomic E-state index is -1.16. The SMILES string of the molecule is Cc1cccn2c(=O)c(C=C3SC(=S)N(CC(=O)O)C3=O)c(N3CCN(Cc4ccccc4)CC3)nc12. The van der Waals surface area contributed by atoms with Crippen LogP contribution < -0.4 is 10.5 Å². The maximum absolute atomic E-state index is 13.7. The summed E-state index contributed by atoms with van der Waals surface area (Å²) in [6, 6.07) is 14.0. The fourth-order valence-electron chi connectivity index (χ4n) is 4.53. The lowest BCUT2D eigenvalue weighted by Gasteiger charge is -2.36. The second-order valence-corrected chi connectivity index (χ2v) is 10.6. The zero-order valence-electron chi connectivity index (χ0n) is 20.2. The number of pyridine rings is 1. The van der Waals surface area contributed by atoms with Crippen LogP contribution in [0.1, 0.15) is 16.7 Å². The first kappa shape index (κ1) is 25.1. The van der Waals surface area contributed by atoms with Crippen molar-refractivity contribution in [2.24, 2.45) is 0 Å². The number of nitrogens with zero attached hydrogens (tertiary/aromatic N) is 5. The first-order valence-electron chi connectivity index (χ1n) is 11.8. The average molecular weight is 536 g/mol. The molecule has 2 aliphatic rings. The summed E-state index contributed by atoms with van der Waals surface area (Å²) in [5, 5.41) is 9.15. The van der Waals surface area contributed by atoms with Crippen LogP contribution in [0.2, 0.25) is 0 Å². The number of rotatable bonds is 6. The third-order valence-corrected chi connectivity index (χ3v) is 7.81. The zero-order chi connectivity index (χ0) is 26.1. The molecule has 5 rings (SSSR count). The van der Waals surface area contributed by atoms with E-state index in [0.717, 1.165) is 41.9 Å². The number of hydrogen-bond acceptors (Lipinski definition) is 8. The van der Waals surface area contributed by atoms with Gasteiger partial charge < -0.3 is 10.0 Å². The van der Waals surface area contributed by atoms with Crippen molar-refractivity contribution in [1.29, 1.82) is 0 Å². The molecule has 0 spiro atoms. The van der Waals surface area contributed by atoms with Crippen molar-refractivity contribution in [2.45, 2.75) is 13.5 Å². The predicted octanol–water partition coefficient (Wildman–Crippen LogP) is 2.61. The Kier molecular flexibility index (Phi) is 7.09. The third kappa shape index (κ3) is 5.15. The molecule has 0 radical (unpaired) electrons. The van der Waals surface area contributed by atoms with Crippen LogP contribution in [0, 0.1) is 6.92 Å². The van der Waals surface area contributed by atoms with Gasteiger partial charge in [0.25, 0.3) is 11.5 Å². The molecule has 0 aliphatic carbocycles. The van der Waals surface area contributed by atoms with Crippen molar-refractivity contribution in [3.05, 3.63) is 80.6 Å². The number of hydrogen-bond donors (Lipinski definition) is 1. The number of piperazine rings is 1. The summed E-state index contributed by atoms with van der Waals surface area (Å²) in [5.41, 5.74) is 2.67. The van der Waals surface area contributed by atoms with E-state index in [9.17, 15) is 14.4 Å². The number of carbonyl (C=O) groups excluding carboxylic acids is 1. The molecule has 2 saturated heterocycles. The van der Waals surface area contributed by atoms with Crippen LogP contribution in [0.15, 0.2) is 58.4 Å². The number of benzene rings is 1. The Morgan fingerprint density at radius 1 is 1.11 bits per heavy atom. The number of anilines is 1. The maximum atomic E-state index is 13.7. The molecule has 37 heavy (non-hydrogen) atoms. The molecule has 11 heteroatoms. The molecule has 9 nitrogen and oxygen atoms in total. The van der Waals surface area contributed by atoms with Crippen molar-refractivity contribution < 1.29 is 14.7 Å². The van der Waals surface area contributed by atoms with Crippen LogP contribution in [-0.2, 0) is 16.1 Å². The molecule has 0 unspecified atom stereocenters. The van der Waals surface area contributed by atoms with E-state index in [4.69, 9.17) is 22.3 Å². The Morgan fingerprint density at radius 2 is 1.84 bits per heavy atom. The molecular formula is C26H25N5O4S2. The van der Waals surface area contributed by atoms with Gasteiger partial charge in [0.05, 0.1) is 10.5 Å². The Hall–Kier alpha value is -3.54. The van der Waals surface area contributed by atoms with Gasteiger partial charge in [-0.3, -0.25) is 28.6 Å². The van der Waals surface area contributed by atoms with E-state index in [2.05, 4.69) is 21.9 Å². The number of thioether (sulfide) groups is 1. The van der Waals surface area contributed by atoms with Gasteiger partial charge in [-0.25, -0.2) is 4.98 Å². The van der Waals surface area contributed by atoms with Crippen LogP contribution in [0.3, 0.4) is 0 Å². The standard InChI is InChI=1S/C26H25N5O4S2/c1-17-6-5-9-30-22(17)27-23(29-12-10-28(11-13-29)15-18-7-3-2-4-8-18)19(24(30)34)14-20-25(35)31(16-21(32)33)26(36)37-20/h2-9,14H,10-13,15-16H2,1H3,(H,32,33). The van der Waals surface area contributed by atoms with Gasteiger partial charge in [0.15, 0.2) is 0 Å². The minimum Gasteiger partial charge on any atom is -0.480 e. The predicted molar refractivity (Wildman–Crippen MR) is 148 cm³/mol. The summed E-state index contributed by atoms with van der Waals surface area (Å²) in [7, 11) is 0. The molecule has 2 aromatic heterocycles. The molecule has 1 aromatic carbocycles. The van der Waals surface area contributed by atoms with Gasteiger partial charge >= 0.3 is 5.97 Å². The minimum absolute atomic E-state index is 0.152. The van der Waals surface area contributed by atoms with Crippen LogP contribution >= 0.6 is 24.0 Å². The fraction of sp³-hybridized carbons (Fsp3) is 0.269. The van der Waals surface area contributed by atoms with E-state index in [1.807, 2.05) is 31.2 Å². The Balaban J connectivity index is 1.50. The molecule has 0 bridgehead atoms. The van der Waals surface area contributed by atoms with Crippen LogP contribution in [0.25, 0.3) is 11.7 Å². The van der Waals surface area contributed by atoms with Gasteiger partial charge in [0.1, 0.15) is 22.3 Å². The molecule has 4 heterocycles. The summed E-state index contributed by atoms with van der Waals surface area (Å²) in [5.74, 6) is -1.17. The number of aryl methyl sites for hydroxylation is 1. The number of carboxylic acid groups (broad SMARTS) is 1. The summed E-state index contributed by atoms with van der Waals surface area (Å²) in [6.07, 6.45) is 3.17. The number of aliphatic carboxylic acids is 1. The van der Waals surface area contributed by atoms with Crippen molar-refractivity contribution in [3.8, 4) is 0 Å². The highest BCUT2D eigenvalue weighted by atomic mass is 32.2. The zero-order valence-corrected chi connectivity index (χ0v) is 21.8. The summed E-state index contributed by atoms with van der Waals surface area (Å²) in [4.78, 5) is 48.4. The molecule has 1 N–H and O–H groups in total. The Morgan fingerprint density at radius 3 is 2.54 bits per heavy atom. The smallest absolute Gasteiger partial charge is 0.323 e. The molecule has 0 saturated carbocycles. The fourth-order valence-corrected chi connectivity index (χ4v) is 5.77. The highest BCUT2D eigenvalue weighted by molar-refractivity contribution is 8.26. The first-order valence-corrected chi connectivity index (χ1v) is 13.0. The monoisotopic (exact) mass is 535 g/mol. The van der Waals surface area contributed by atoms with E-state index in [1.165, 1.54) is 16.0 Å². The van der Waals surface area contributed by atoms with Crippen molar-refractivity contribution in [2.75, 3.05) is 37.6 Å². The van der Waals surface area contributed by atoms with E-state index < -0.39 is 18.4 Å². The number of fused-ring (bicyclic) bond motifs is 1. The number of thiocarbonyl (C=S) groups is 1. The average Bonchev–Trinajstić information content (AvgIpc) is 3.14. The van der Waals surface area contributed by atoms with Crippen molar-refractivity contribution in [1.82, 2.24) is 19.2 Å². The van der Waals surface area contributed by atoms with Gasteiger partial charge in [-0.15, -0.1) is 0 Å². The van der Waals surface area contributed by atoms with Crippen molar-refractivity contribution in [3.63, 3.8) is 0 Å². The lowest BCUT2D eigenvalue weighted by molar-refractivity contribution is -0.140. The number of carboxylic acids is 1. The number of amides is 1. The first-order chi connectivity index (χ1) is 17.8. The lowest BCUT2D eigenvalue weighted by Crippen LogP contribution is -2.47. The highest BCUT2D eigenvalue weighted by Gasteiger charge is 2.34. The third-order valence-electron chi connectivity index (χ3n) is 6.43. The van der Waals surface area contributed by atoms with E-state index in [0.29, 0.717) is 24.6 Å². The highest BCUT2D eigenvalue weighted by Crippen LogP contribution is 2.33. The van der Waals surface area contributed by atoms with E-state index in [1.54, 1.807) is 12.3 Å². The van der Waals surface area contributed by atoms with Gasteiger partial charge in [0.2, 0.25) is 0 Å². The van der Waals surface area contributed by atoms with Crippen LogP contribution in [0.4, 0.5) is 5.82 Å². The van der Waals surface area contributed by atoms with Gasteiger partial charge in [-0.2, -0.15) is 0 Å². The van der Waals surface area contributed by atoms with Crippen LogP contribution in [-0.4, -0.2) is 73.2 Å². The molecular weight excluding hydrogens is 510 g/mol. The summed E-state index contributed by atoms with van der Waals surface area (Å²) >= 11 is 6.23. The molecule has 3 aromatic rings. The number of carbonyl (C=O) groups is 2. The molecule has 0 atom stereocenters. The van der Waals surface area contributed by atoms with Gasteiger partial charge in [0, 0.05) is 38.9 Å². The van der Waals surface area contributed by atoms with Crippen molar-refractivity contribution >= 4 is 57.7 Å². The molecule has 190 valence electrons. The molecule has 1 amide bonds. The Labute approximate surface area is 223 Å². The largest absolute Gasteiger partial charge is 0.480 e. The summed E-state index contributed by atoms with van der Waals surface area (Å²) in [6.45, 7) is 5.16. The lowest BCUT2D eigenvalue weighted by atomic mass is 10.1. The number of aromatic nitrogens is 2. The maximum Gasteiger partial charge on any atom is 0.323 e. The second kappa shape index (κ2) is 10.4. The normalized spacial score (nSPS) is 17.8. The Bertz CT molecular complexity index is 1480. The van der Waals surface area contributed by atoms with E-state index >= 15 is 0 Å². The quantitative estimate of drug-likeness (QED) is 0.377. The molecule has 2 fully saturated rings. The van der Waals surface area contributed by atoms with Crippen LogP contribution in [0.5, 0.6) is 0 Å². The second-order valence-electron chi connectivity index (χ2n) is 8.95. The molecule has 2 aliphatic heterocycles. The van der Waals surface area contributed by atoms with E-state index in [-0.39, 0.29) is 20.3 Å². The van der Waals surface area contributed by atoms with Gasteiger partial charge in [-0.1, -0.05) is 60.4 Å². The van der Waals surface area contributed by atoms with Gasteiger partial charge in [-0.05, 0) is 30.2 Å².